The quantitative estimate of drug-likeness (QED) is 0.418. The van der Waals surface area contributed by atoms with Crippen LogP contribution in [0, 0.1) is 6.92 Å². The van der Waals surface area contributed by atoms with Gasteiger partial charge < -0.3 is 9.47 Å². The predicted octanol–water partition coefficient (Wildman–Crippen LogP) is 6.28. The molecule has 1 aliphatic rings. The van der Waals surface area contributed by atoms with Crippen molar-refractivity contribution in [3.63, 3.8) is 0 Å². The average molecular weight is 479 g/mol. The Labute approximate surface area is 195 Å². The first-order valence-electron chi connectivity index (χ1n) is 10.2. The monoisotopic (exact) mass is 478 g/mol. The van der Waals surface area contributed by atoms with E-state index in [0.29, 0.717) is 34.1 Å². The zero-order valence-electron chi connectivity index (χ0n) is 17.7. The maximum atomic E-state index is 13.7. The first-order valence-corrected chi connectivity index (χ1v) is 11.7. The van der Waals surface area contributed by atoms with Gasteiger partial charge in [0.2, 0.25) is 0 Å². The number of aromatic nitrogens is 1. The number of anilines is 1. The molecule has 0 bridgehead atoms. The van der Waals surface area contributed by atoms with Crippen molar-refractivity contribution in [2.75, 3.05) is 18.1 Å². The van der Waals surface area contributed by atoms with Gasteiger partial charge in [-0.2, -0.15) is 0 Å². The first kappa shape index (κ1) is 22.3. The van der Waals surface area contributed by atoms with E-state index in [1.807, 2.05) is 19.1 Å². The fourth-order valence-corrected chi connectivity index (χ4v) is 5.22. The van der Waals surface area contributed by atoms with E-state index in [2.05, 4.69) is 0 Å². The number of fused-ring (bicyclic) bond motifs is 1. The molecule has 2 heterocycles. The molecule has 3 aromatic rings. The van der Waals surface area contributed by atoms with Crippen molar-refractivity contribution in [1.82, 2.24) is 4.98 Å². The van der Waals surface area contributed by atoms with E-state index in [1.54, 1.807) is 43.0 Å². The predicted molar refractivity (Wildman–Crippen MR) is 127 cm³/mol. The average Bonchev–Trinajstić information content (AvgIpc) is 3.37. The minimum absolute atomic E-state index is 0.0213. The summed E-state index contributed by atoms with van der Waals surface area (Å²) < 4.78 is 12.8. The highest BCUT2D eigenvalue weighted by Crippen LogP contribution is 2.35. The molecule has 4 rings (SSSR count). The number of ether oxygens (including phenoxy) is 2. The van der Waals surface area contributed by atoms with Gasteiger partial charge in [0.15, 0.2) is 10.7 Å². The minimum Gasteiger partial charge on any atom is -0.478 e. The van der Waals surface area contributed by atoms with Gasteiger partial charge in [-0.05, 0) is 75.6 Å². The van der Waals surface area contributed by atoms with Crippen LogP contribution in [-0.4, -0.2) is 35.7 Å². The van der Waals surface area contributed by atoms with E-state index in [0.717, 1.165) is 28.6 Å². The summed E-state index contributed by atoms with van der Waals surface area (Å²) in [7, 11) is 0. The minimum atomic E-state index is -1.11. The largest absolute Gasteiger partial charge is 0.478 e. The smallest absolute Gasteiger partial charge is 0.272 e. The number of carbonyl (C=O) groups excluding carboxylic acids is 1. The lowest BCUT2D eigenvalue weighted by Crippen LogP contribution is -2.51. The van der Waals surface area contributed by atoms with Crippen LogP contribution in [-0.2, 0) is 9.53 Å². The Morgan fingerprint density at radius 1 is 1.26 bits per heavy atom. The van der Waals surface area contributed by atoms with Gasteiger partial charge >= 0.3 is 0 Å². The van der Waals surface area contributed by atoms with Crippen LogP contribution in [0.2, 0.25) is 10.0 Å². The molecule has 31 heavy (non-hydrogen) atoms. The number of amides is 1. The number of thiazole rings is 1. The van der Waals surface area contributed by atoms with Crippen molar-refractivity contribution >= 4 is 55.8 Å². The highest BCUT2D eigenvalue weighted by Gasteiger charge is 2.38. The molecule has 1 unspecified atom stereocenters. The summed E-state index contributed by atoms with van der Waals surface area (Å²) >= 11 is 13.7. The topological polar surface area (TPSA) is 51.7 Å². The Kier molecular flexibility index (Phi) is 6.44. The molecule has 1 saturated heterocycles. The molecule has 5 nitrogen and oxygen atoms in total. The van der Waals surface area contributed by atoms with Crippen LogP contribution in [0.1, 0.15) is 32.3 Å². The fourth-order valence-electron chi connectivity index (χ4n) is 3.66. The van der Waals surface area contributed by atoms with Gasteiger partial charge in [-0.1, -0.05) is 34.5 Å². The van der Waals surface area contributed by atoms with Gasteiger partial charge in [0.05, 0.1) is 22.9 Å². The molecular weight excluding hydrogens is 455 g/mol. The molecule has 1 aromatic heterocycles. The van der Waals surface area contributed by atoms with Gasteiger partial charge in [0.1, 0.15) is 5.75 Å². The van der Waals surface area contributed by atoms with Crippen molar-refractivity contribution in [3.05, 3.63) is 52.0 Å². The van der Waals surface area contributed by atoms with E-state index in [1.165, 1.54) is 11.3 Å². The van der Waals surface area contributed by atoms with Crippen molar-refractivity contribution in [2.24, 2.45) is 0 Å². The third-order valence-electron chi connectivity index (χ3n) is 5.23. The van der Waals surface area contributed by atoms with Crippen LogP contribution < -0.4 is 9.64 Å². The van der Waals surface area contributed by atoms with E-state index in [9.17, 15) is 4.79 Å². The molecule has 1 aliphatic heterocycles. The second kappa shape index (κ2) is 8.94. The fraction of sp³-hybridized carbons (Fsp3) is 0.391. The zero-order valence-corrected chi connectivity index (χ0v) is 20.0. The van der Waals surface area contributed by atoms with E-state index < -0.39 is 5.60 Å². The number of hydrogen-bond acceptors (Lipinski definition) is 5. The highest BCUT2D eigenvalue weighted by molar-refractivity contribution is 7.22. The molecule has 0 radical (unpaired) electrons. The highest BCUT2D eigenvalue weighted by atomic mass is 35.5. The lowest BCUT2D eigenvalue weighted by Gasteiger charge is -2.32. The standard InChI is InChI=1S/C23H24Cl2N2O3S/c1-14-11-16(25)12-19-20(14)26-22(31-19)27(13-18-5-4-10-29-18)21(28)23(2,3)30-17-8-6-15(24)7-9-17/h6-9,11-12,18H,4-5,10,13H2,1-3H3. The third kappa shape index (κ3) is 4.98. The van der Waals surface area contributed by atoms with Crippen molar-refractivity contribution in [1.29, 1.82) is 0 Å². The maximum absolute atomic E-state index is 13.7. The van der Waals surface area contributed by atoms with Crippen LogP contribution in [0.25, 0.3) is 10.2 Å². The molecule has 1 atom stereocenters. The number of rotatable bonds is 6. The lowest BCUT2D eigenvalue weighted by molar-refractivity contribution is -0.131. The van der Waals surface area contributed by atoms with Crippen LogP contribution in [0.3, 0.4) is 0 Å². The molecule has 1 amide bonds. The van der Waals surface area contributed by atoms with Crippen LogP contribution >= 0.6 is 34.5 Å². The summed E-state index contributed by atoms with van der Waals surface area (Å²) in [5, 5.41) is 1.89. The SMILES string of the molecule is Cc1cc(Cl)cc2sc(N(CC3CCCO3)C(=O)C(C)(C)Oc3ccc(Cl)cc3)nc12. The second-order valence-electron chi connectivity index (χ2n) is 8.18. The number of benzene rings is 2. The molecule has 0 N–H and O–H groups in total. The Morgan fingerprint density at radius 3 is 2.68 bits per heavy atom. The summed E-state index contributed by atoms with van der Waals surface area (Å²) in [4.78, 5) is 20.2. The number of carbonyl (C=O) groups is 1. The number of aryl methyl sites for hydroxylation is 1. The van der Waals surface area contributed by atoms with Gasteiger partial charge in [-0.15, -0.1) is 0 Å². The van der Waals surface area contributed by atoms with E-state index in [4.69, 9.17) is 37.7 Å². The Morgan fingerprint density at radius 2 is 2.00 bits per heavy atom. The van der Waals surface area contributed by atoms with Crippen LogP contribution in [0.15, 0.2) is 36.4 Å². The first-order chi connectivity index (χ1) is 14.7. The number of hydrogen-bond donors (Lipinski definition) is 0. The summed E-state index contributed by atoms with van der Waals surface area (Å²) in [6.45, 7) is 6.64. The summed E-state index contributed by atoms with van der Waals surface area (Å²) in [6, 6.07) is 10.8. The van der Waals surface area contributed by atoms with Crippen molar-refractivity contribution in [3.8, 4) is 5.75 Å². The Bertz CT molecular complexity index is 1090. The summed E-state index contributed by atoms with van der Waals surface area (Å²) in [6.07, 6.45) is 1.89. The van der Waals surface area contributed by atoms with Crippen LogP contribution in [0.5, 0.6) is 5.75 Å². The normalized spacial score (nSPS) is 16.6. The Balaban J connectivity index is 1.67. The van der Waals surface area contributed by atoms with E-state index in [-0.39, 0.29) is 12.0 Å². The molecule has 8 heteroatoms. The lowest BCUT2D eigenvalue weighted by atomic mass is 10.1. The van der Waals surface area contributed by atoms with Crippen molar-refractivity contribution < 1.29 is 14.3 Å². The van der Waals surface area contributed by atoms with Gasteiger partial charge in [-0.25, -0.2) is 4.98 Å². The van der Waals surface area contributed by atoms with E-state index >= 15 is 0 Å². The van der Waals surface area contributed by atoms with Crippen LogP contribution in [0.4, 0.5) is 5.13 Å². The molecule has 1 fully saturated rings. The summed E-state index contributed by atoms with van der Waals surface area (Å²) in [5.74, 6) is 0.396. The van der Waals surface area contributed by atoms with Gasteiger partial charge in [-0.3, -0.25) is 9.69 Å². The molecule has 0 spiro atoms. The second-order valence-corrected chi connectivity index (χ2v) is 10.1. The number of nitrogens with zero attached hydrogens (tertiary/aromatic N) is 2. The van der Waals surface area contributed by atoms with Gasteiger partial charge in [0.25, 0.3) is 5.91 Å². The molecule has 2 aromatic carbocycles. The molecule has 0 saturated carbocycles. The molecular formula is C23H24Cl2N2O3S. The Hall–Kier alpha value is -1.86. The maximum Gasteiger partial charge on any atom is 0.272 e. The molecule has 0 aliphatic carbocycles. The summed E-state index contributed by atoms with van der Waals surface area (Å²) in [5.41, 5.74) is 0.717. The molecule has 164 valence electrons. The number of halogens is 2. The van der Waals surface area contributed by atoms with Gasteiger partial charge in [0, 0.05) is 16.7 Å². The van der Waals surface area contributed by atoms with Crippen molar-refractivity contribution in [2.45, 2.75) is 45.3 Å². The zero-order chi connectivity index (χ0) is 22.2. The third-order valence-corrected chi connectivity index (χ3v) is 6.72.